The van der Waals surface area contributed by atoms with Crippen LogP contribution in [0.5, 0.6) is 0 Å². The maximum atomic E-state index is 12.9. The number of carbonyl (C=O) groups is 1. The molecule has 3 aromatic rings. The van der Waals surface area contributed by atoms with Crippen molar-refractivity contribution < 1.29 is 4.79 Å². The van der Waals surface area contributed by atoms with Gasteiger partial charge in [-0.25, -0.2) is 5.01 Å². The van der Waals surface area contributed by atoms with Gasteiger partial charge in [0, 0.05) is 17.5 Å². The Labute approximate surface area is 142 Å². The number of hydrogen-bond acceptors (Lipinski definition) is 4. The van der Waals surface area contributed by atoms with Crippen LogP contribution in [0.25, 0.3) is 0 Å². The minimum absolute atomic E-state index is 0.0242. The SMILES string of the molecule is O=C(c1ccccc1)N1N=C(c2ccsc2)CC1c1ccsc1. The van der Waals surface area contributed by atoms with E-state index in [1.165, 1.54) is 0 Å². The van der Waals surface area contributed by atoms with Gasteiger partial charge in [-0.05, 0) is 51.3 Å². The Hall–Kier alpha value is -2.24. The normalized spacial score (nSPS) is 17.3. The lowest BCUT2D eigenvalue weighted by Gasteiger charge is -2.21. The van der Waals surface area contributed by atoms with Gasteiger partial charge in [-0.3, -0.25) is 4.79 Å². The van der Waals surface area contributed by atoms with E-state index in [1.54, 1.807) is 27.7 Å². The second kappa shape index (κ2) is 6.10. The van der Waals surface area contributed by atoms with E-state index in [0.717, 1.165) is 23.3 Å². The topological polar surface area (TPSA) is 32.7 Å². The molecule has 3 nitrogen and oxygen atoms in total. The van der Waals surface area contributed by atoms with Crippen molar-refractivity contribution in [1.29, 1.82) is 0 Å². The number of amides is 1. The van der Waals surface area contributed by atoms with Crippen molar-refractivity contribution >= 4 is 34.3 Å². The fraction of sp³-hybridized carbons (Fsp3) is 0.111. The molecule has 1 aromatic carbocycles. The minimum atomic E-state index is -0.0490. The van der Waals surface area contributed by atoms with E-state index >= 15 is 0 Å². The third-order valence-electron chi connectivity index (χ3n) is 3.92. The Morgan fingerprint density at radius 2 is 1.83 bits per heavy atom. The molecule has 3 heterocycles. The third-order valence-corrected chi connectivity index (χ3v) is 5.31. The molecule has 1 aliphatic rings. The maximum Gasteiger partial charge on any atom is 0.274 e. The zero-order valence-electron chi connectivity index (χ0n) is 12.3. The van der Waals surface area contributed by atoms with Gasteiger partial charge in [-0.2, -0.15) is 27.8 Å². The summed E-state index contributed by atoms with van der Waals surface area (Å²) in [6, 6.07) is 13.5. The van der Waals surface area contributed by atoms with Crippen molar-refractivity contribution in [1.82, 2.24) is 5.01 Å². The molecule has 0 saturated heterocycles. The van der Waals surface area contributed by atoms with Crippen LogP contribution in [0.1, 0.15) is 33.9 Å². The van der Waals surface area contributed by atoms with Crippen LogP contribution in [0.15, 0.2) is 69.1 Å². The average Bonchev–Trinajstić information content (AvgIpc) is 3.34. The predicted molar refractivity (Wildman–Crippen MR) is 95.1 cm³/mol. The van der Waals surface area contributed by atoms with Gasteiger partial charge >= 0.3 is 0 Å². The van der Waals surface area contributed by atoms with Gasteiger partial charge in [0.2, 0.25) is 0 Å². The van der Waals surface area contributed by atoms with Crippen molar-refractivity contribution in [3.05, 3.63) is 80.7 Å². The standard InChI is InChI=1S/C18H14N2OS2/c21-18(13-4-2-1-3-5-13)20-17(15-7-9-23-12-15)10-16(19-20)14-6-8-22-11-14/h1-9,11-12,17H,10H2. The minimum Gasteiger partial charge on any atom is -0.267 e. The highest BCUT2D eigenvalue weighted by Crippen LogP contribution is 2.35. The molecule has 23 heavy (non-hydrogen) atoms. The lowest BCUT2D eigenvalue weighted by Crippen LogP contribution is -2.26. The highest BCUT2D eigenvalue weighted by atomic mass is 32.1. The van der Waals surface area contributed by atoms with E-state index in [1.807, 2.05) is 41.1 Å². The van der Waals surface area contributed by atoms with Gasteiger partial charge in [0.25, 0.3) is 5.91 Å². The summed E-state index contributed by atoms with van der Waals surface area (Å²) in [5.41, 5.74) is 3.90. The lowest BCUT2D eigenvalue weighted by molar-refractivity contribution is 0.0711. The van der Waals surface area contributed by atoms with Crippen molar-refractivity contribution in [2.24, 2.45) is 5.10 Å². The van der Waals surface area contributed by atoms with Crippen LogP contribution >= 0.6 is 22.7 Å². The highest BCUT2D eigenvalue weighted by Gasteiger charge is 2.33. The van der Waals surface area contributed by atoms with E-state index in [4.69, 9.17) is 0 Å². The molecular weight excluding hydrogens is 324 g/mol. The number of rotatable bonds is 3. The van der Waals surface area contributed by atoms with Crippen LogP contribution in [0.4, 0.5) is 0 Å². The first-order valence-corrected chi connectivity index (χ1v) is 9.22. The second-order valence-corrected chi connectivity index (χ2v) is 6.91. The number of hydrogen-bond donors (Lipinski definition) is 0. The molecule has 0 spiro atoms. The Balaban J connectivity index is 1.72. The number of nitrogens with zero attached hydrogens (tertiary/aromatic N) is 2. The molecule has 1 unspecified atom stereocenters. The van der Waals surface area contributed by atoms with E-state index < -0.39 is 0 Å². The van der Waals surface area contributed by atoms with Crippen molar-refractivity contribution in [2.75, 3.05) is 0 Å². The molecule has 0 radical (unpaired) electrons. The van der Waals surface area contributed by atoms with Gasteiger partial charge in [0.15, 0.2) is 0 Å². The predicted octanol–water partition coefficient (Wildman–Crippen LogP) is 4.80. The molecule has 0 fully saturated rings. The molecule has 5 heteroatoms. The first-order valence-electron chi connectivity index (χ1n) is 7.33. The molecule has 1 amide bonds. The molecule has 114 valence electrons. The molecule has 2 aromatic heterocycles. The molecule has 0 saturated carbocycles. The molecule has 4 rings (SSSR count). The molecule has 1 aliphatic heterocycles. The Morgan fingerprint density at radius 3 is 2.52 bits per heavy atom. The first-order chi connectivity index (χ1) is 11.3. The Morgan fingerprint density at radius 1 is 1.04 bits per heavy atom. The van der Waals surface area contributed by atoms with Crippen molar-refractivity contribution in [3.8, 4) is 0 Å². The van der Waals surface area contributed by atoms with Gasteiger partial charge < -0.3 is 0 Å². The van der Waals surface area contributed by atoms with Crippen LogP contribution in [0, 0.1) is 0 Å². The summed E-state index contributed by atoms with van der Waals surface area (Å²) in [6.45, 7) is 0. The smallest absolute Gasteiger partial charge is 0.267 e. The zero-order valence-corrected chi connectivity index (χ0v) is 13.9. The van der Waals surface area contributed by atoms with Crippen LogP contribution < -0.4 is 0 Å². The monoisotopic (exact) mass is 338 g/mol. The van der Waals surface area contributed by atoms with E-state index in [-0.39, 0.29) is 11.9 Å². The Bertz CT molecular complexity index is 823. The summed E-state index contributed by atoms with van der Waals surface area (Å²) in [5.74, 6) is -0.0490. The van der Waals surface area contributed by atoms with Gasteiger partial charge in [-0.1, -0.05) is 18.2 Å². The highest BCUT2D eigenvalue weighted by molar-refractivity contribution is 7.08. The molecule has 0 aliphatic carbocycles. The summed E-state index contributed by atoms with van der Waals surface area (Å²) in [7, 11) is 0. The van der Waals surface area contributed by atoms with Crippen molar-refractivity contribution in [3.63, 3.8) is 0 Å². The number of benzene rings is 1. The quantitative estimate of drug-likeness (QED) is 0.675. The maximum absolute atomic E-state index is 12.9. The second-order valence-electron chi connectivity index (χ2n) is 5.35. The van der Waals surface area contributed by atoms with Crippen LogP contribution in [-0.4, -0.2) is 16.6 Å². The number of hydrazone groups is 1. The fourth-order valence-corrected chi connectivity index (χ4v) is 4.11. The number of thiophene rings is 2. The molecular formula is C18H14N2OS2. The summed E-state index contributed by atoms with van der Waals surface area (Å²) >= 11 is 3.30. The summed E-state index contributed by atoms with van der Waals surface area (Å²) in [6.07, 6.45) is 0.756. The summed E-state index contributed by atoms with van der Waals surface area (Å²) in [5, 5.41) is 14.6. The lowest BCUT2D eigenvalue weighted by atomic mass is 10.0. The number of carbonyl (C=O) groups excluding carboxylic acids is 1. The fourth-order valence-electron chi connectivity index (χ4n) is 2.74. The molecule has 0 bridgehead atoms. The Kier molecular flexibility index (Phi) is 3.81. The molecule has 1 atom stereocenters. The molecule has 0 N–H and O–H groups in total. The van der Waals surface area contributed by atoms with Crippen LogP contribution in [-0.2, 0) is 0 Å². The first kappa shape index (κ1) is 14.4. The van der Waals surface area contributed by atoms with Crippen molar-refractivity contribution in [2.45, 2.75) is 12.5 Å². The average molecular weight is 338 g/mol. The van der Waals surface area contributed by atoms with E-state index in [0.29, 0.717) is 5.56 Å². The zero-order chi connectivity index (χ0) is 15.6. The summed E-state index contributed by atoms with van der Waals surface area (Å²) in [4.78, 5) is 12.9. The van der Waals surface area contributed by atoms with Gasteiger partial charge in [0.05, 0.1) is 11.8 Å². The third kappa shape index (κ3) is 2.73. The van der Waals surface area contributed by atoms with Crippen LogP contribution in [0.2, 0.25) is 0 Å². The van der Waals surface area contributed by atoms with Crippen LogP contribution in [0.3, 0.4) is 0 Å². The van der Waals surface area contributed by atoms with E-state index in [9.17, 15) is 4.79 Å². The largest absolute Gasteiger partial charge is 0.274 e. The summed E-state index contributed by atoms with van der Waals surface area (Å²) < 4.78 is 0. The van der Waals surface area contributed by atoms with Gasteiger partial charge in [-0.15, -0.1) is 0 Å². The van der Waals surface area contributed by atoms with Gasteiger partial charge in [0.1, 0.15) is 0 Å². The van der Waals surface area contributed by atoms with E-state index in [2.05, 4.69) is 28.0 Å².